The molecule has 0 bridgehead atoms. The summed E-state index contributed by atoms with van der Waals surface area (Å²) in [7, 11) is 3.18. The van der Waals surface area contributed by atoms with E-state index in [9.17, 15) is 14.7 Å². The van der Waals surface area contributed by atoms with Crippen LogP contribution >= 0.6 is 0 Å². The quantitative estimate of drug-likeness (QED) is 0.701. The van der Waals surface area contributed by atoms with E-state index in [2.05, 4.69) is 9.88 Å². The summed E-state index contributed by atoms with van der Waals surface area (Å²) in [6.45, 7) is 2.01. The molecule has 164 valence electrons. The number of ether oxygens (including phenoxy) is 1. The second-order valence-corrected chi connectivity index (χ2v) is 7.98. The number of carbonyl (C=O) groups is 2. The van der Waals surface area contributed by atoms with Crippen LogP contribution in [0.5, 0.6) is 5.75 Å². The molecule has 1 saturated carbocycles. The minimum atomic E-state index is -1.13. The number of aromatic carboxylic acids is 1. The van der Waals surface area contributed by atoms with Gasteiger partial charge in [-0.2, -0.15) is 0 Å². The molecule has 0 saturated heterocycles. The summed E-state index contributed by atoms with van der Waals surface area (Å²) in [4.78, 5) is 37.6. The first-order valence-corrected chi connectivity index (χ1v) is 10.5. The topological polar surface area (TPSA) is 122 Å². The number of hydrogen-bond acceptors (Lipinski definition) is 7. The van der Waals surface area contributed by atoms with Crippen molar-refractivity contribution in [2.24, 2.45) is 0 Å². The van der Waals surface area contributed by atoms with Crippen molar-refractivity contribution in [1.29, 1.82) is 0 Å². The second kappa shape index (κ2) is 8.05. The molecule has 1 aromatic heterocycles. The highest BCUT2D eigenvalue weighted by Gasteiger charge is 2.41. The van der Waals surface area contributed by atoms with Gasteiger partial charge in [0.15, 0.2) is 17.4 Å². The van der Waals surface area contributed by atoms with Crippen molar-refractivity contribution in [2.75, 3.05) is 29.7 Å². The number of benzene rings is 1. The Morgan fingerprint density at radius 2 is 2.03 bits per heavy atom. The van der Waals surface area contributed by atoms with Gasteiger partial charge in [-0.25, -0.2) is 14.8 Å². The number of carbonyl (C=O) groups excluding carboxylic acids is 1. The molecule has 0 radical (unpaired) electrons. The van der Waals surface area contributed by atoms with Gasteiger partial charge in [0, 0.05) is 13.1 Å². The summed E-state index contributed by atoms with van der Waals surface area (Å²) in [5.41, 5.74) is 7.22. The summed E-state index contributed by atoms with van der Waals surface area (Å²) < 4.78 is 5.43. The van der Waals surface area contributed by atoms with Gasteiger partial charge in [0.05, 0.1) is 30.1 Å². The summed E-state index contributed by atoms with van der Waals surface area (Å²) >= 11 is 0. The van der Waals surface area contributed by atoms with E-state index in [1.807, 2.05) is 6.92 Å². The molecule has 2 aromatic rings. The number of rotatable bonds is 5. The van der Waals surface area contributed by atoms with Crippen LogP contribution in [0.15, 0.2) is 18.3 Å². The van der Waals surface area contributed by atoms with Gasteiger partial charge >= 0.3 is 5.97 Å². The molecule has 1 unspecified atom stereocenters. The monoisotopic (exact) mass is 425 g/mol. The highest BCUT2D eigenvalue weighted by atomic mass is 16.5. The Kier molecular flexibility index (Phi) is 5.43. The van der Waals surface area contributed by atoms with E-state index in [-0.39, 0.29) is 35.0 Å². The molecule has 1 fully saturated rings. The molecule has 1 atom stereocenters. The van der Waals surface area contributed by atoms with Crippen molar-refractivity contribution in [1.82, 2.24) is 9.97 Å². The number of amides is 1. The average molecular weight is 425 g/mol. The molecule has 1 amide bonds. The number of nitrogens with two attached hydrogens (primary N) is 1. The number of aromatic nitrogens is 2. The van der Waals surface area contributed by atoms with Crippen LogP contribution in [0.3, 0.4) is 0 Å². The number of nitrogens with zero attached hydrogens (tertiary/aromatic N) is 4. The Balaban J connectivity index is 1.88. The van der Waals surface area contributed by atoms with Gasteiger partial charge < -0.3 is 25.4 Å². The maximum absolute atomic E-state index is 13.0. The molecule has 4 rings (SSSR count). The molecule has 1 aliphatic heterocycles. The van der Waals surface area contributed by atoms with Crippen LogP contribution in [0, 0.1) is 0 Å². The van der Waals surface area contributed by atoms with Crippen molar-refractivity contribution >= 4 is 29.1 Å². The van der Waals surface area contributed by atoms with Gasteiger partial charge in [-0.1, -0.05) is 19.8 Å². The SMILES string of the molecule is CCC1C(=O)N(C)c2cnc(-c3ccc(C(=O)O)c(N)c3OC)nc2N1C1CCCC1. The van der Waals surface area contributed by atoms with E-state index in [0.717, 1.165) is 25.7 Å². The first-order chi connectivity index (χ1) is 14.9. The molecular weight excluding hydrogens is 398 g/mol. The highest BCUT2D eigenvalue weighted by molar-refractivity contribution is 6.04. The number of carboxylic acids is 1. The Labute approximate surface area is 180 Å². The maximum Gasteiger partial charge on any atom is 0.337 e. The van der Waals surface area contributed by atoms with Crippen LogP contribution in [0.2, 0.25) is 0 Å². The zero-order chi connectivity index (χ0) is 22.3. The van der Waals surface area contributed by atoms with Crippen LogP contribution in [0.1, 0.15) is 49.4 Å². The lowest BCUT2D eigenvalue weighted by atomic mass is 10.0. The lowest BCUT2D eigenvalue weighted by Crippen LogP contribution is -2.55. The van der Waals surface area contributed by atoms with Gasteiger partial charge in [-0.15, -0.1) is 0 Å². The fourth-order valence-electron chi connectivity index (χ4n) is 4.69. The van der Waals surface area contributed by atoms with Crippen molar-refractivity contribution in [3.8, 4) is 17.1 Å². The van der Waals surface area contributed by atoms with Crippen LogP contribution in [0.25, 0.3) is 11.4 Å². The minimum absolute atomic E-state index is 0.0280. The predicted octanol–water partition coefficient (Wildman–Crippen LogP) is 2.94. The molecule has 2 aliphatic rings. The summed E-state index contributed by atoms with van der Waals surface area (Å²) in [6, 6.07) is 3.02. The van der Waals surface area contributed by atoms with Crippen molar-refractivity contribution in [3.05, 3.63) is 23.9 Å². The summed E-state index contributed by atoms with van der Waals surface area (Å²) in [6.07, 6.45) is 6.64. The van der Waals surface area contributed by atoms with Gasteiger partial charge in [-0.05, 0) is 31.4 Å². The second-order valence-electron chi connectivity index (χ2n) is 7.98. The first-order valence-electron chi connectivity index (χ1n) is 10.5. The van der Waals surface area contributed by atoms with Crippen molar-refractivity contribution in [3.63, 3.8) is 0 Å². The van der Waals surface area contributed by atoms with E-state index in [1.165, 1.54) is 13.2 Å². The third-order valence-corrected chi connectivity index (χ3v) is 6.28. The number of carboxylic acid groups (broad SMARTS) is 1. The van der Waals surface area contributed by atoms with Gasteiger partial charge in [0.1, 0.15) is 11.7 Å². The Bertz CT molecular complexity index is 1030. The number of fused-ring (bicyclic) bond motifs is 1. The average Bonchev–Trinajstić information content (AvgIpc) is 3.29. The van der Waals surface area contributed by atoms with Crippen molar-refractivity contribution < 1.29 is 19.4 Å². The summed E-state index contributed by atoms with van der Waals surface area (Å²) in [5.74, 6) is 0.228. The normalized spacial score (nSPS) is 18.9. The zero-order valence-corrected chi connectivity index (χ0v) is 18.0. The molecule has 0 spiro atoms. The number of hydrogen-bond donors (Lipinski definition) is 2. The molecule has 9 heteroatoms. The van der Waals surface area contributed by atoms with Gasteiger partial charge in [0.25, 0.3) is 0 Å². The Hall–Kier alpha value is -3.36. The highest BCUT2D eigenvalue weighted by Crippen LogP contribution is 2.42. The van der Waals surface area contributed by atoms with E-state index in [4.69, 9.17) is 15.5 Å². The Morgan fingerprint density at radius 1 is 1.32 bits per heavy atom. The smallest absolute Gasteiger partial charge is 0.337 e. The van der Waals surface area contributed by atoms with Crippen molar-refractivity contribution in [2.45, 2.75) is 51.1 Å². The Morgan fingerprint density at radius 3 is 2.65 bits per heavy atom. The van der Waals surface area contributed by atoms with Crippen LogP contribution < -0.4 is 20.3 Å². The number of likely N-dealkylation sites (N-methyl/N-ethyl adjacent to an activating group) is 1. The van der Waals surface area contributed by atoms with Gasteiger partial charge in [0.2, 0.25) is 5.91 Å². The number of anilines is 3. The molecule has 31 heavy (non-hydrogen) atoms. The molecule has 1 aliphatic carbocycles. The molecule has 1 aromatic carbocycles. The fourth-order valence-corrected chi connectivity index (χ4v) is 4.69. The van der Waals surface area contributed by atoms with Crippen LogP contribution in [-0.2, 0) is 4.79 Å². The lowest BCUT2D eigenvalue weighted by Gasteiger charge is -2.43. The third-order valence-electron chi connectivity index (χ3n) is 6.28. The number of nitrogen functional groups attached to an aromatic ring is 1. The number of methoxy groups -OCH3 is 1. The van der Waals surface area contributed by atoms with Gasteiger partial charge in [-0.3, -0.25) is 4.79 Å². The summed E-state index contributed by atoms with van der Waals surface area (Å²) in [5, 5.41) is 9.36. The lowest BCUT2D eigenvalue weighted by molar-refractivity contribution is -0.120. The first kappa shape index (κ1) is 20.9. The van der Waals surface area contributed by atoms with Crippen LogP contribution in [0.4, 0.5) is 17.2 Å². The molecule has 2 heterocycles. The molecular formula is C22H27N5O4. The van der Waals surface area contributed by atoms with E-state index >= 15 is 0 Å². The van der Waals surface area contributed by atoms with Crippen LogP contribution in [-0.4, -0.2) is 53.2 Å². The zero-order valence-electron chi connectivity index (χ0n) is 18.0. The minimum Gasteiger partial charge on any atom is -0.494 e. The predicted molar refractivity (Wildman–Crippen MR) is 118 cm³/mol. The third kappa shape index (κ3) is 3.34. The van der Waals surface area contributed by atoms with E-state index < -0.39 is 5.97 Å². The van der Waals surface area contributed by atoms with E-state index in [0.29, 0.717) is 29.3 Å². The molecule has 9 nitrogen and oxygen atoms in total. The maximum atomic E-state index is 13.0. The largest absolute Gasteiger partial charge is 0.494 e. The molecule has 3 N–H and O–H groups in total. The fraction of sp³-hybridized carbons (Fsp3) is 0.455. The standard InChI is InChI=1S/C22H27N5O4/c1-4-15-21(28)26(2)16-11-24-19(25-20(16)27(15)12-7-5-6-8-12)14-10-9-13(22(29)30)17(23)18(14)31-3/h9-12,15H,4-8,23H2,1-3H3,(H,29,30). The van der Waals surface area contributed by atoms with E-state index in [1.54, 1.807) is 24.2 Å².